The minimum absolute atomic E-state index is 0.0696. The van der Waals surface area contributed by atoms with Gasteiger partial charge in [0, 0.05) is 45.2 Å². The average Bonchev–Trinajstić information content (AvgIpc) is 3.71. The van der Waals surface area contributed by atoms with Crippen LogP contribution in [-0.2, 0) is 14.8 Å². The van der Waals surface area contributed by atoms with Crippen molar-refractivity contribution >= 4 is 15.9 Å². The fraction of sp³-hybridized carbons (Fsp3) is 0.767. The number of rotatable bonds is 12. The average molecular weight is 563 g/mol. The zero-order chi connectivity index (χ0) is 28.2. The molecule has 1 heterocycles. The van der Waals surface area contributed by atoms with Crippen molar-refractivity contribution < 1.29 is 17.9 Å². The van der Waals surface area contributed by atoms with E-state index in [1.807, 2.05) is 0 Å². The quantitative estimate of drug-likeness (QED) is 0.417. The number of carbonyl (C=O) groups is 1. The van der Waals surface area contributed by atoms with E-state index in [4.69, 9.17) is 4.74 Å². The zero-order valence-corrected chi connectivity index (χ0v) is 25.6. The molecule has 9 heteroatoms. The first-order valence-electron chi connectivity index (χ1n) is 14.9. The molecule has 3 fully saturated rings. The fourth-order valence-corrected chi connectivity index (χ4v) is 8.19. The van der Waals surface area contributed by atoms with Crippen LogP contribution in [-0.4, -0.2) is 94.4 Å². The minimum Gasteiger partial charge on any atom is -0.497 e. The van der Waals surface area contributed by atoms with Crippen LogP contribution in [0.25, 0.3) is 0 Å². The van der Waals surface area contributed by atoms with Crippen molar-refractivity contribution in [2.75, 3.05) is 53.9 Å². The van der Waals surface area contributed by atoms with Gasteiger partial charge in [-0.15, -0.1) is 0 Å². The Morgan fingerprint density at radius 3 is 2.05 bits per heavy atom. The van der Waals surface area contributed by atoms with E-state index in [1.54, 1.807) is 40.1 Å². The number of nitrogens with one attached hydrogen (secondary N) is 1. The van der Waals surface area contributed by atoms with Gasteiger partial charge in [0.05, 0.1) is 12.0 Å². The van der Waals surface area contributed by atoms with Gasteiger partial charge in [-0.1, -0.05) is 0 Å². The lowest BCUT2D eigenvalue weighted by molar-refractivity contribution is -0.122. The second-order valence-electron chi connectivity index (χ2n) is 12.4. The Labute approximate surface area is 236 Å². The zero-order valence-electron chi connectivity index (χ0n) is 24.7. The SMILES string of the molecule is COc1cc(C)c(S(=O)(=O)N(C)CCC(=O)NC2CCC(N3CCC(CN(C)CC4CC4)CC3)CC2)c(C)c1. The van der Waals surface area contributed by atoms with Crippen LogP contribution in [0.2, 0.25) is 0 Å². The predicted molar refractivity (Wildman–Crippen MR) is 156 cm³/mol. The fourth-order valence-electron chi connectivity index (χ4n) is 6.61. The van der Waals surface area contributed by atoms with Crippen molar-refractivity contribution in [2.45, 2.75) is 88.6 Å². The molecular weight excluding hydrogens is 512 g/mol. The minimum atomic E-state index is -3.70. The number of sulfonamides is 1. The summed E-state index contributed by atoms with van der Waals surface area (Å²) in [5.74, 6) is 2.37. The van der Waals surface area contributed by atoms with E-state index in [2.05, 4.69) is 22.2 Å². The van der Waals surface area contributed by atoms with Crippen LogP contribution >= 0.6 is 0 Å². The molecule has 3 aliphatic rings. The Bertz CT molecular complexity index is 1050. The van der Waals surface area contributed by atoms with E-state index in [1.165, 1.54) is 56.2 Å². The third-order valence-electron chi connectivity index (χ3n) is 9.06. The van der Waals surface area contributed by atoms with Gasteiger partial charge in [0.2, 0.25) is 15.9 Å². The van der Waals surface area contributed by atoms with E-state index in [-0.39, 0.29) is 24.9 Å². The smallest absolute Gasteiger partial charge is 0.243 e. The molecule has 0 aromatic heterocycles. The van der Waals surface area contributed by atoms with Crippen LogP contribution in [0.4, 0.5) is 0 Å². The third kappa shape index (κ3) is 8.18. The molecular formula is C30H50N4O4S. The monoisotopic (exact) mass is 562 g/mol. The molecule has 8 nitrogen and oxygen atoms in total. The number of nitrogens with zero attached hydrogens (tertiary/aromatic N) is 3. The highest BCUT2D eigenvalue weighted by Crippen LogP contribution is 2.31. The van der Waals surface area contributed by atoms with E-state index < -0.39 is 10.0 Å². The normalized spacial score (nSPS) is 23.4. The summed E-state index contributed by atoms with van der Waals surface area (Å²) in [6.07, 6.45) is 9.87. The van der Waals surface area contributed by atoms with Crippen molar-refractivity contribution in [3.63, 3.8) is 0 Å². The molecule has 0 unspecified atom stereocenters. The van der Waals surface area contributed by atoms with Crippen molar-refractivity contribution in [1.29, 1.82) is 0 Å². The first-order valence-corrected chi connectivity index (χ1v) is 16.3. The maximum absolute atomic E-state index is 13.2. The Kier molecular flexibility index (Phi) is 10.3. The lowest BCUT2D eigenvalue weighted by atomic mass is 9.87. The first-order chi connectivity index (χ1) is 18.6. The highest BCUT2D eigenvalue weighted by molar-refractivity contribution is 7.89. The number of likely N-dealkylation sites (tertiary alicyclic amines) is 1. The number of methoxy groups -OCH3 is 1. The summed E-state index contributed by atoms with van der Waals surface area (Å²) in [7, 11) is 1.71. The second kappa shape index (κ2) is 13.3. The number of benzene rings is 1. The van der Waals surface area contributed by atoms with Gasteiger partial charge in [-0.3, -0.25) is 4.79 Å². The number of piperidine rings is 1. The number of hydrogen-bond donors (Lipinski definition) is 1. The lowest BCUT2D eigenvalue weighted by Gasteiger charge is -2.41. The molecule has 2 aliphatic carbocycles. The maximum atomic E-state index is 13.2. The van der Waals surface area contributed by atoms with Crippen LogP contribution in [0.5, 0.6) is 5.75 Å². The first kappa shape index (κ1) is 30.3. The molecule has 1 aromatic carbocycles. The van der Waals surface area contributed by atoms with Crippen molar-refractivity contribution in [3.05, 3.63) is 23.3 Å². The molecule has 1 saturated heterocycles. The Hall–Kier alpha value is -1.68. The van der Waals surface area contributed by atoms with Gasteiger partial charge in [-0.2, -0.15) is 0 Å². The molecule has 0 spiro atoms. The summed E-state index contributed by atoms with van der Waals surface area (Å²) >= 11 is 0. The van der Waals surface area contributed by atoms with Gasteiger partial charge in [-0.05, 0) is 120 Å². The summed E-state index contributed by atoms with van der Waals surface area (Å²) < 4.78 is 33.0. The highest BCUT2D eigenvalue weighted by atomic mass is 32.2. The topological polar surface area (TPSA) is 82.2 Å². The van der Waals surface area contributed by atoms with Gasteiger partial charge in [0.25, 0.3) is 0 Å². The predicted octanol–water partition coefficient (Wildman–Crippen LogP) is 3.80. The molecule has 0 bridgehead atoms. The maximum Gasteiger partial charge on any atom is 0.243 e. The number of amides is 1. The van der Waals surface area contributed by atoms with Crippen molar-refractivity contribution in [1.82, 2.24) is 19.4 Å². The molecule has 4 rings (SSSR count). The number of carbonyl (C=O) groups excluding carboxylic acids is 1. The van der Waals surface area contributed by atoms with Crippen molar-refractivity contribution in [2.24, 2.45) is 11.8 Å². The summed E-state index contributed by atoms with van der Waals surface area (Å²) in [5.41, 5.74) is 1.29. The summed E-state index contributed by atoms with van der Waals surface area (Å²) in [6.45, 7) is 8.64. The standard InChI is InChI=1S/C30H50N4O4S/c1-22-18-28(38-5)19-23(2)30(22)39(36,37)33(4)15-14-29(35)31-26-8-10-27(11-9-26)34-16-12-25(13-17-34)21-32(3)20-24-6-7-24/h18-19,24-27H,6-17,20-21H2,1-5H3,(H,31,35). The Balaban J connectivity index is 1.16. The second-order valence-corrected chi connectivity index (χ2v) is 14.4. The third-order valence-corrected chi connectivity index (χ3v) is 11.2. The van der Waals surface area contributed by atoms with Gasteiger partial charge in [0.15, 0.2) is 0 Å². The Morgan fingerprint density at radius 2 is 1.51 bits per heavy atom. The van der Waals surface area contributed by atoms with Crippen LogP contribution in [0.1, 0.15) is 68.9 Å². The molecule has 1 aromatic rings. The summed E-state index contributed by atoms with van der Waals surface area (Å²) in [6, 6.07) is 4.28. The molecule has 220 valence electrons. The van der Waals surface area contributed by atoms with E-state index >= 15 is 0 Å². The van der Waals surface area contributed by atoms with Gasteiger partial charge >= 0.3 is 0 Å². The van der Waals surface area contributed by atoms with Crippen molar-refractivity contribution in [3.8, 4) is 5.75 Å². The van der Waals surface area contributed by atoms with E-state index in [0.29, 0.717) is 27.8 Å². The number of aryl methyl sites for hydroxylation is 2. The molecule has 1 N–H and O–H groups in total. The van der Waals surface area contributed by atoms with E-state index in [9.17, 15) is 13.2 Å². The summed E-state index contributed by atoms with van der Waals surface area (Å²) in [4.78, 5) is 18.3. The van der Waals surface area contributed by atoms with Crippen LogP contribution in [0, 0.1) is 25.7 Å². The van der Waals surface area contributed by atoms with Gasteiger partial charge in [0.1, 0.15) is 5.75 Å². The van der Waals surface area contributed by atoms with Gasteiger partial charge < -0.3 is 19.9 Å². The number of ether oxygens (including phenoxy) is 1. The highest BCUT2D eigenvalue weighted by Gasteiger charge is 2.31. The molecule has 1 aliphatic heterocycles. The molecule has 0 radical (unpaired) electrons. The molecule has 1 amide bonds. The van der Waals surface area contributed by atoms with E-state index in [0.717, 1.165) is 37.5 Å². The summed E-state index contributed by atoms with van der Waals surface area (Å²) in [5, 5.41) is 3.17. The lowest BCUT2D eigenvalue weighted by Crippen LogP contribution is -2.47. The largest absolute Gasteiger partial charge is 0.497 e. The molecule has 0 atom stereocenters. The number of hydrogen-bond acceptors (Lipinski definition) is 6. The van der Waals surface area contributed by atoms with Crippen LogP contribution < -0.4 is 10.1 Å². The van der Waals surface area contributed by atoms with Gasteiger partial charge in [-0.25, -0.2) is 12.7 Å². The van der Waals surface area contributed by atoms with Crippen LogP contribution in [0.3, 0.4) is 0 Å². The Morgan fingerprint density at radius 1 is 0.949 bits per heavy atom. The molecule has 39 heavy (non-hydrogen) atoms. The van der Waals surface area contributed by atoms with Crippen LogP contribution in [0.15, 0.2) is 17.0 Å². The molecule has 2 saturated carbocycles.